The van der Waals surface area contributed by atoms with E-state index >= 15 is 0 Å². The molecule has 1 fully saturated rings. The van der Waals surface area contributed by atoms with Crippen molar-refractivity contribution in [2.45, 2.75) is 69.7 Å². The third-order valence-corrected chi connectivity index (χ3v) is 8.86. The molecule has 0 saturated carbocycles. The summed E-state index contributed by atoms with van der Waals surface area (Å²) in [7, 11) is -3.58. The van der Waals surface area contributed by atoms with Crippen molar-refractivity contribution in [2.75, 3.05) is 13.1 Å². The summed E-state index contributed by atoms with van der Waals surface area (Å²) in [5.41, 5.74) is 4.32. The molecule has 6 heteroatoms. The second-order valence-corrected chi connectivity index (χ2v) is 11.2. The van der Waals surface area contributed by atoms with Crippen LogP contribution in [0, 0.1) is 5.92 Å². The van der Waals surface area contributed by atoms with E-state index in [0.717, 1.165) is 37.7 Å². The Hall–Kier alpha value is -2.18. The zero-order valence-electron chi connectivity index (χ0n) is 19.1. The third kappa shape index (κ3) is 4.91. The lowest BCUT2D eigenvalue weighted by atomic mass is 9.88. The molecule has 0 spiro atoms. The smallest absolute Gasteiger partial charge is 0.251 e. The van der Waals surface area contributed by atoms with Crippen LogP contribution >= 0.6 is 0 Å². The van der Waals surface area contributed by atoms with Gasteiger partial charge in [0.05, 0.1) is 10.9 Å². The van der Waals surface area contributed by atoms with Crippen LogP contribution in [0.15, 0.2) is 47.4 Å². The Bertz CT molecular complexity index is 1070. The van der Waals surface area contributed by atoms with Gasteiger partial charge in [0.15, 0.2) is 0 Å². The molecule has 1 aliphatic heterocycles. The van der Waals surface area contributed by atoms with Gasteiger partial charge in [0.2, 0.25) is 10.0 Å². The molecule has 1 aliphatic carbocycles. The van der Waals surface area contributed by atoms with Crippen molar-refractivity contribution in [1.29, 1.82) is 0 Å². The van der Waals surface area contributed by atoms with Crippen LogP contribution in [0.1, 0.15) is 79.0 Å². The summed E-state index contributed by atoms with van der Waals surface area (Å²) in [4.78, 5) is 13.3. The van der Waals surface area contributed by atoms with Crippen LogP contribution < -0.4 is 5.32 Å². The van der Waals surface area contributed by atoms with Crippen molar-refractivity contribution in [3.8, 4) is 0 Å². The number of hydrogen-bond acceptors (Lipinski definition) is 3. The van der Waals surface area contributed by atoms with Crippen molar-refractivity contribution >= 4 is 15.9 Å². The molecule has 0 unspecified atom stereocenters. The molecule has 2 aliphatic rings. The lowest BCUT2D eigenvalue weighted by Gasteiger charge is -2.29. The molecule has 1 N–H and O–H groups in total. The highest BCUT2D eigenvalue weighted by molar-refractivity contribution is 7.89. The van der Waals surface area contributed by atoms with Gasteiger partial charge in [-0.1, -0.05) is 38.1 Å². The number of carbonyl (C=O) groups is 1. The predicted molar refractivity (Wildman–Crippen MR) is 127 cm³/mol. The van der Waals surface area contributed by atoms with E-state index in [1.54, 1.807) is 22.5 Å². The highest BCUT2D eigenvalue weighted by Crippen LogP contribution is 2.27. The van der Waals surface area contributed by atoms with Gasteiger partial charge in [0.1, 0.15) is 0 Å². The maximum atomic E-state index is 13.1. The van der Waals surface area contributed by atoms with Crippen LogP contribution in [0.25, 0.3) is 0 Å². The lowest BCUT2D eigenvalue weighted by molar-refractivity contribution is 0.0935. The summed E-state index contributed by atoms with van der Waals surface area (Å²) in [6.45, 7) is 5.29. The maximum Gasteiger partial charge on any atom is 0.251 e. The molecular formula is C26H34N2O3S. The molecule has 2 aromatic carbocycles. The SMILES string of the molecule is CC[C@H](NC(=O)c1cccc(S(=O)(=O)N2CCC(C)CC2)c1)c1ccc2c(c1)CCCC2. The Morgan fingerprint density at radius 3 is 2.50 bits per heavy atom. The molecule has 4 rings (SSSR count). The van der Waals surface area contributed by atoms with E-state index in [-0.39, 0.29) is 16.8 Å². The van der Waals surface area contributed by atoms with E-state index in [4.69, 9.17) is 0 Å². The van der Waals surface area contributed by atoms with Gasteiger partial charge in [-0.3, -0.25) is 4.79 Å². The van der Waals surface area contributed by atoms with Crippen LogP contribution in [0.4, 0.5) is 0 Å². The fraction of sp³-hybridized carbons (Fsp3) is 0.500. The van der Waals surface area contributed by atoms with Crippen LogP contribution in [0.3, 0.4) is 0 Å². The van der Waals surface area contributed by atoms with E-state index < -0.39 is 10.0 Å². The summed E-state index contributed by atoms with van der Waals surface area (Å²) in [6.07, 6.45) is 7.22. The number of hydrogen-bond donors (Lipinski definition) is 1. The number of aryl methyl sites for hydroxylation is 2. The fourth-order valence-corrected chi connectivity index (χ4v) is 6.32. The van der Waals surface area contributed by atoms with Gasteiger partial charge in [0.25, 0.3) is 5.91 Å². The van der Waals surface area contributed by atoms with Crippen molar-refractivity contribution in [3.05, 3.63) is 64.7 Å². The number of nitrogens with one attached hydrogen (secondary N) is 1. The number of sulfonamides is 1. The van der Waals surface area contributed by atoms with E-state index in [1.165, 1.54) is 30.0 Å². The van der Waals surface area contributed by atoms with Crippen LogP contribution in [0.2, 0.25) is 0 Å². The highest BCUT2D eigenvalue weighted by Gasteiger charge is 2.28. The zero-order chi connectivity index (χ0) is 22.7. The van der Waals surface area contributed by atoms with Gasteiger partial charge in [-0.15, -0.1) is 0 Å². The van der Waals surface area contributed by atoms with Crippen molar-refractivity contribution in [3.63, 3.8) is 0 Å². The molecular weight excluding hydrogens is 420 g/mol. The normalized spacial score (nSPS) is 18.7. The molecule has 2 aromatic rings. The number of amides is 1. The molecule has 0 radical (unpaired) electrons. The summed E-state index contributed by atoms with van der Waals surface area (Å²) < 4.78 is 27.7. The number of rotatable bonds is 6. The molecule has 1 heterocycles. The monoisotopic (exact) mass is 454 g/mol. The van der Waals surface area contributed by atoms with E-state index in [2.05, 4.69) is 37.4 Å². The Morgan fingerprint density at radius 1 is 1.06 bits per heavy atom. The minimum absolute atomic E-state index is 0.0985. The minimum atomic E-state index is -3.58. The van der Waals surface area contributed by atoms with Crippen LogP contribution in [-0.2, 0) is 22.9 Å². The average Bonchev–Trinajstić information content (AvgIpc) is 2.82. The molecule has 1 amide bonds. The molecule has 32 heavy (non-hydrogen) atoms. The summed E-state index contributed by atoms with van der Waals surface area (Å²) in [6, 6.07) is 12.9. The number of fused-ring (bicyclic) bond motifs is 1. The predicted octanol–water partition coefficient (Wildman–Crippen LogP) is 4.87. The summed E-state index contributed by atoms with van der Waals surface area (Å²) >= 11 is 0. The van der Waals surface area contributed by atoms with Crippen LogP contribution in [0.5, 0.6) is 0 Å². The highest BCUT2D eigenvalue weighted by atomic mass is 32.2. The van der Waals surface area contributed by atoms with Gasteiger partial charge in [-0.05, 0) is 85.8 Å². The first-order valence-electron chi connectivity index (χ1n) is 11.9. The van der Waals surface area contributed by atoms with Gasteiger partial charge < -0.3 is 5.32 Å². The van der Waals surface area contributed by atoms with Crippen LogP contribution in [-0.4, -0.2) is 31.7 Å². The second-order valence-electron chi connectivity index (χ2n) is 9.28. The summed E-state index contributed by atoms with van der Waals surface area (Å²) in [5, 5.41) is 3.12. The number of piperidine rings is 1. The first-order valence-corrected chi connectivity index (χ1v) is 13.3. The van der Waals surface area contributed by atoms with Gasteiger partial charge in [-0.2, -0.15) is 4.31 Å². The lowest BCUT2D eigenvalue weighted by Crippen LogP contribution is -2.38. The van der Waals surface area contributed by atoms with Gasteiger partial charge >= 0.3 is 0 Å². The molecule has 1 atom stereocenters. The Balaban J connectivity index is 1.51. The number of benzene rings is 2. The van der Waals surface area contributed by atoms with Gasteiger partial charge in [-0.25, -0.2) is 8.42 Å². The minimum Gasteiger partial charge on any atom is -0.345 e. The zero-order valence-corrected chi connectivity index (χ0v) is 20.0. The van der Waals surface area contributed by atoms with Gasteiger partial charge in [0, 0.05) is 18.7 Å². The molecule has 5 nitrogen and oxygen atoms in total. The topological polar surface area (TPSA) is 66.5 Å². The molecule has 172 valence electrons. The quantitative estimate of drug-likeness (QED) is 0.677. The number of nitrogens with zero attached hydrogens (tertiary/aromatic N) is 1. The second kappa shape index (κ2) is 9.75. The van der Waals surface area contributed by atoms with Crippen molar-refractivity contribution in [1.82, 2.24) is 9.62 Å². The largest absolute Gasteiger partial charge is 0.345 e. The first-order chi connectivity index (χ1) is 15.4. The molecule has 0 aromatic heterocycles. The van der Waals surface area contributed by atoms with Crippen molar-refractivity contribution in [2.24, 2.45) is 5.92 Å². The average molecular weight is 455 g/mol. The Kier molecular flexibility index (Phi) is 7.01. The third-order valence-electron chi connectivity index (χ3n) is 6.97. The fourth-order valence-electron chi connectivity index (χ4n) is 4.80. The Labute approximate surface area is 192 Å². The summed E-state index contributed by atoms with van der Waals surface area (Å²) in [5.74, 6) is 0.312. The Morgan fingerprint density at radius 2 is 1.78 bits per heavy atom. The van der Waals surface area contributed by atoms with E-state index in [0.29, 0.717) is 24.6 Å². The molecule has 0 bridgehead atoms. The standard InChI is InChI=1S/C26H34N2O3S/c1-3-25(22-12-11-20-7-4-5-8-21(20)17-22)27-26(29)23-9-6-10-24(18-23)32(30,31)28-15-13-19(2)14-16-28/h6,9-12,17-19,25H,3-5,7-8,13-16H2,1-2H3,(H,27,29)/t25-/m0/s1. The van der Waals surface area contributed by atoms with E-state index in [9.17, 15) is 13.2 Å². The maximum absolute atomic E-state index is 13.1. The van der Waals surface area contributed by atoms with E-state index in [1.807, 2.05) is 0 Å². The number of carbonyl (C=O) groups excluding carboxylic acids is 1. The van der Waals surface area contributed by atoms with Crippen molar-refractivity contribution < 1.29 is 13.2 Å². The molecule has 1 saturated heterocycles. The first kappa shape index (κ1) is 23.0.